The van der Waals surface area contributed by atoms with Gasteiger partial charge in [-0.25, -0.2) is 0 Å². The van der Waals surface area contributed by atoms with Gasteiger partial charge in [-0.2, -0.15) is 0 Å². The number of rotatable bonds is 9. The average Bonchev–Trinajstić information content (AvgIpc) is 2.33. The summed E-state index contributed by atoms with van der Waals surface area (Å²) in [5, 5.41) is 0. The van der Waals surface area contributed by atoms with Crippen molar-refractivity contribution in [3.05, 3.63) is 0 Å². The normalized spacial score (nSPS) is 11.4. The van der Waals surface area contributed by atoms with E-state index in [0.29, 0.717) is 19.8 Å². The third-order valence-electron chi connectivity index (χ3n) is 1.68. The zero-order valence-electron chi connectivity index (χ0n) is 12.2. The van der Waals surface area contributed by atoms with Crippen molar-refractivity contribution in [3.8, 4) is 0 Å². The van der Waals surface area contributed by atoms with Gasteiger partial charge in [-0.3, -0.25) is 4.79 Å². The van der Waals surface area contributed by atoms with E-state index in [4.69, 9.17) is 14.2 Å². The summed E-state index contributed by atoms with van der Waals surface area (Å²) in [7, 11) is 2.58. The third-order valence-corrected chi connectivity index (χ3v) is 1.68. The number of hydrogen-bond donors (Lipinski definition) is 0. The second-order valence-corrected chi connectivity index (χ2v) is 4.60. The van der Waals surface area contributed by atoms with Crippen LogP contribution in [0.4, 0.5) is 0 Å². The molecule has 0 amide bonds. The summed E-state index contributed by atoms with van der Waals surface area (Å²) in [6.45, 7) is 9.71. The molecule has 0 fully saturated rings. The minimum atomic E-state index is -0.282. The van der Waals surface area contributed by atoms with E-state index in [0.717, 1.165) is 12.8 Å². The standard InChI is InChI=1S/C11H22O4.C2H7P/c1-4-6-13-8-11(14-7-5-2)9-15-10(3)12;1-2-3/h11H,4-9H2,1-3H3;2-3H2,1H3. The van der Waals surface area contributed by atoms with Crippen molar-refractivity contribution in [2.24, 2.45) is 0 Å². The Labute approximate surface area is 114 Å². The van der Waals surface area contributed by atoms with Crippen LogP contribution in [-0.2, 0) is 19.0 Å². The minimum Gasteiger partial charge on any atom is -0.463 e. The van der Waals surface area contributed by atoms with Crippen molar-refractivity contribution < 1.29 is 19.0 Å². The molecule has 0 aliphatic heterocycles. The lowest BCUT2D eigenvalue weighted by Gasteiger charge is -2.17. The Morgan fingerprint density at radius 1 is 1.11 bits per heavy atom. The summed E-state index contributed by atoms with van der Waals surface area (Å²) < 4.78 is 15.7. The molecule has 0 aromatic carbocycles. The van der Waals surface area contributed by atoms with Crippen LogP contribution < -0.4 is 0 Å². The summed E-state index contributed by atoms with van der Waals surface area (Å²) in [5.41, 5.74) is 0. The van der Waals surface area contributed by atoms with Crippen molar-refractivity contribution in [3.63, 3.8) is 0 Å². The molecule has 2 unspecified atom stereocenters. The zero-order chi connectivity index (χ0) is 14.2. The number of carbonyl (C=O) groups is 1. The first-order valence-electron chi connectivity index (χ1n) is 6.64. The van der Waals surface area contributed by atoms with Gasteiger partial charge in [0.25, 0.3) is 0 Å². The predicted molar refractivity (Wildman–Crippen MR) is 78.0 cm³/mol. The van der Waals surface area contributed by atoms with E-state index in [1.165, 1.54) is 13.1 Å². The fourth-order valence-corrected chi connectivity index (χ4v) is 0.998. The van der Waals surface area contributed by atoms with Crippen LogP contribution in [0.5, 0.6) is 0 Å². The fourth-order valence-electron chi connectivity index (χ4n) is 0.998. The van der Waals surface area contributed by atoms with Crippen LogP contribution in [0.2, 0.25) is 0 Å². The number of carbonyl (C=O) groups excluding carboxylic acids is 1. The molecular weight excluding hydrogens is 251 g/mol. The predicted octanol–water partition coefficient (Wildman–Crippen LogP) is 2.65. The fraction of sp³-hybridized carbons (Fsp3) is 0.923. The van der Waals surface area contributed by atoms with Crippen molar-refractivity contribution in [2.45, 2.75) is 46.6 Å². The largest absolute Gasteiger partial charge is 0.463 e. The molecule has 4 nitrogen and oxygen atoms in total. The van der Waals surface area contributed by atoms with E-state index >= 15 is 0 Å². The highest BCUT2D eigenvalue weighted by molar-refractivity contribution is 7.16. The maximum Gasteiger partial charge on any atom is 0.302 e. The maximum atomic E-state index is 10.6. The van der Waals surface area contributed by atoms with Gasteiger partial charge in [-0.05, 0) is 19.0 Å². The van der Waals surface area contributed by atoms with Gasteiger partial charge >= 0.3 is 5.97 Å². The van der Waals surface area contributed by atoms with Crippen LogP contribution in [0.1, 0.15) is 40.5 Å². The van der Waals surface area contributed by atoms with Gasteiger partial charge in [-0.15, -0.1) is 9.24 Å². The first-order valence-corrected chi connectivity index (χ1v) is 7.46. The van der Waals surface area contributed by atoms with Crippen LogP contribution in [0.3, 0.4) is 0 Å². The van der Waals surface area contributed by atoms with E-state index in [1.807, 2.05) is 13.8 Å². The lowest BCUT2D eigenvalue weighted by molar-refractivity contribution is -0.147. The highest BCUT2D eigenvalue weighted by atomic mass is 31.0. The first kappa shape index (κ1) is 20.1. The van der Waals surface area contributed by atoms with Gasteiger partial charge in [0, 0.05) is 20.1 Å². The number of ether oxygens (including phenoxy) is 3. The Morgan fingerprint density at radius 3 is 2.11 bits per heavy atom. The topological polar surface area (TPSA) is 44.8 Å². The van der Waals surface area contributed by atoms with Gasteiger partial charge in [0.05, 0.1) is 6.61 Å². The summed E-state index contributed by atoms with van der Waals surface area (Å²) in [6, 6.07) is 0. The molecule has 0 aromatic heterocycles. The van der Waals surface area contributed by atoms with Crippen LogP contribution in [0.25, 0.3) is 0 Å². The number of esters is 1. The Balaban J connectivity index is 0. The molecule has 0 heterocycles. The van der Waals surface area contributed by atoms with Crippen LogP contribution >= 0.6 is 9.24 Å². The molecule has 2 atom stereocenters. The Hall–Kier alpha value is -0.180. The maximum absolute atomic E-state index is 10.6. The van der Waals surface area contributed by atoms with Crippen LogP contribution in [0.15, 0.2) is 0 Å². The Bertz CT molecular complexity index is 176. The molecule has 18 heavy (non-hydrogen) atoms. The van der Waals surface area contributed by atoms with Crippen LogP contribution in [-0.4, -0.2) is 44.7 Å². The van der Waals surface area contributed by atoms with E-state index < -0.39 is 0 Å². The summed E-state index contributed by atoms with van der Waals surface area (Å²) in [5.74, 6) is -0.282. The molecule has 0 rings (SSSR count). The third kappa shape index (κ3) is 18.2. The van der Waals surface area contributed by atoms with E-state index in [1.54, 1.807) is 0 Å². The van der Waals surface area contributed by atoms with Gasteiger partial charge in [0.1, 0.15) is 12.7 Å². The summed E-state index contributed by atoms with van der Waals surface area (Å²) >= 11 is 0. The average molecular weight is 280 g/mol. The molecule has 0 saturated heterocycles. The molecule has 0 radical (unpaired) electrons. The molecule has 110 valence electrons. The second kappa shape index (κ2) is 16.8. The van der Waals surface area contributed by atoms with Gasteiger partial charge in [0.2, 0.25) is 0 Å². The number of hydrogen-bond acceptors (Lipinski definition) is 4. The van der Waals surface area contributed by atoms with Crippen molar-refractivity contribution in [1.82, 2.24) is 0 Å². The van der Waals surface area contributed by atoms with Gasteiger partial charge in [0.15, 0.2) is 0 Å². The molecule has 0 spiro atoms. The lowest BCUT2D eigenvalue weighted by atomic mass is 10.4. The Kier molecular flexibility index (Phi) is 18.8. The minimum absolute atomic E-state index is 0.139. The quantitative estimate of drug-likeness (QED) is 0.370. The van der Waals surface area contributed by atoms with Crippen molar-refractivity contribution >= 4 is 15.2 Å². The van der Waals surface area contributed by atoms with E-state index in [9.17, 15) is 4.79 Å². The molecule has 5 heteroatoms. The second-order valence-electron chi connectivity index (χ2n) is 3.78. The van der Waals surface area contributed by atoms with Gasteiger partial charge in [-0.1, -0.05) is 20.8 Å². The summed E-state index contributed by atoms with van der Waals surface area (Å²) in [4.78, 5) is 10.6. The molecule has 0 aromatic rings. The summed E-state index contributed by atoms with van der Waals surface area (Å²) in [6.07, 6.45) is 2.96. The molecule has 0 aliphatic carbocycles. The SMILES string of the molecule is CCCOCC(COC(C)=O)OCCC.CCP. The Morgan fingerprint density at radius 2 is 1.67 bits per heavy atom. The molecule has 0 saturated carbocycles. The highest BCUT2D eigenvalue weighted by Crippen LogP contribution is 1.98. The zero-order valence-corrected chi connectivity index (χ0v) is 13.4. The van der Waals surface area contributed by atoms with Gasteiger partial charge < -0.3 is 14.2 Å². The van der Waals surface area contributed by atoms with Crippen LogP contribution in [0, 0.1) is 0 Å². The van der Waals surface area contributed by atoms with Crippen molar-refractivity contribution in [1.29, 1.82) is 0 Å². The molecular formula is C13H29O4P. The molecule has 0 N–H and O–H groups in total. The highest BCUT2D eigenvalue weighted by Gasteiger charge is 2.10. The first-order chi connectivity index (χ1) is 8.62. The monoisotopic (exact) mass is 280 g/mol. The van der Waals surface area contributed by atoms with E-state index in [-0.39, 0.29) is 18.7 Å². The molecule has 0 aliphatic rings. The molecule has 0 bridgehead atoms. The van der Waals surface area contributed by atoms with Crippen molar-refractivity contribution in [2.75, 3.05) is 32.6 Å². The van der Waals surface area contributed by atoms with E-state index in [2.05, 4.69) is 16.2 Å². The lowest BCUT2D eigenvalue weighted by Crippen LogP contribution is -2.27. The smallest absolute Gasteiger partial charge is 0.302 e.